The molecule has 2 aliphatic rings. The zero-order valence-corrected chi connectivity index (χ0v) is 15.8. The molecule has 2 N–H and O–H groups in total. The summed E-state index contributed by atoms with van der Waals surface area (Å²) in [6.45, 7) is 0. The summed E-state index contributed by atoms with van der Waals surface area (Å²) in [7, 11) is 0. The number of rotatable bonds is 5. The second kappa shape index (κ2) is 8.62. The Hall–Kier alpha value is -1.96. The van der Waals surface area contributed by atoms with Crippen LogP contribution in [0.3, 0.4) is 0 Å². The van der Waals surface area contributed by atoms with Crippen LogP contribution in [0.15, 0.2) is 48.5 Å². The molecule has 2 nitrogen and oxygen atoms in total. The molecule has 0 bridgehead atoms. The van der Waals surface area contributed by atoms with E-state index >= 15 is 0 Å². The van der Waals surface area contributed by atoms with Crippen molar-refractivity contribution in [3.05, 3.63) is 48.5 Å². The van der Waals surface area contributed by atoms with Gasteiger partial charge in [0.1, 0.15) is 0 Å². The topological polar surface area (TPSA) is 24.1 Å². The van der Waals surface area contributed by atoms with Crippen LogP contribution in [-0.4, -0.2) is 12.1 Å². The lowest BCUT2D eigenvalue weighted by Crippen LogP contribution is -2.22. The number of nitrogens with one attached hydrogen (secondary N) is 2. The van der Waals surface area contributed by atoms with Crippen molar-refractivity contribution >= 4 is 11.4 Å². The number of hydrogen-bond acceptors (Lipinski definition) is 2. The van der Waals surface area contributed by atoms with Crippen LogP contribution in [0.2, 0.25) is 0 Å². The van der Waals surface area contributed by atoms with Crippen LogP contribution < -0.4 is 10.6 Å². The Morgan fingerprint density at radius 2 is 0.808 bits per heavy atom. The maximum absolute atomic E-state index is 3.70. The van der Waals surface area contributed by atoms with Gasteiger partial charge >= 0.3 is 0 Å². The minimum atomic E-state index is 0.666. The first kappa shape index (κ1) is 17.5. The lowest BCUT2D eigenvalue weighted by molar-refractivity contribution is 0.463. The Bertz CT molecular complexity index is 601. The standard InChI is InChI=1S/C24H32N2/c1-3-7-21(8-4-1)25-23-15-11-19(12-16-23)20-13-17-24(18-14-20)26-22-9-5-2-6-10-22/h11-18,21-22,25-26H,1-10H2. The van der Waals surface area contributed by atoms with Gasteiger partial charge in [-0.3, -0.25) is 0 Å². The molecule has 0 heterocycles. The highest BCUT2D eigenvalue weighted by atomic mass is 14.9. The van der Waals surface area contributed by atoms with Crippen LogP contribution in [0.4, 0.5) is 11.4 Å². The Morgan fingerprint density at radius 3 is 1.15 bits per heavy atom. The van der Waals surface area contributed by atoms with Crippen LogP contribution in [-0.2, 0) is 0 Å². The molecule has 4 rings (SSSR count). The first-order chi connectivity index (χ1) is 12.9. The minimum Gasteiger partial charge on any atom is -0.382 e. The number of anilines is 2. The van der Waals surface area contributed by atoms with Crippen molar-refractivity contribution in [3.63, 3.8) is 0 Å². The highest BCUT2D eigenvalue weighted by Crippen LogP contribution is 2.27. The second-order valence-corrected chi connectivity index (χ2v) is 8.11. The van der Waals surface area contributed by atoms with Crippen molar-refractivity contribution in [1.29, 1.82) is 0 Å². The Morgan fingerprint density at radius 1 is 0.462 bits per heavy atom. The third-order valence-corrected chi connectivity index (χ3v) is 6.06. The Kier molecular flexibility index (Phi) is 5.78. The predicted molar refractivity (Wildman–Crippen MR) is 113 cm³/mol. The molecule has 2 aliphatic carbocycles. The number of hydrogen-bond donors (Lipinski definition) is 2. The van der Waals surface area contributed by atoms with Gasteiger partial charge in [0.05, 0.1) is 0 Å². The molecule has 2 saturated carbocycles. The van der Waals surface area contributed by atoms with Gasteiger partial charge < -0.3 is 10.6 Å². The minimum absolute atomic E-state index is 0.666. The van der Waals surface area contributed by atoms with Crippen LogP contribution in [0.1, 0.15) is 64.2 Å². The van der Waals surface area contributed by atoms with Gasteiger partial charge in [-0.2, -0.15) is 0 Å². The van der Waals surface area contributed by atoms with Crippen molar-refractivity contribution in [2.24, 2.45) is 0 Å². The van der Waals surface area contributed by atoms with Gasteiger partial charge in [-0.05, 0) is 61.1 Å². The lowest BCUT2D eigenvalue weighted by atomic mass is 9.95. The first-order valence-corrected chi connectivity index (χ1v) is 10.6. The smallest absolute Gasteiger partial charge is 0.0342 e. The fourth-order valence-corrected chi connectivity index (χ4v) is 4.48. The molecule has 0 unspecified atom stereocenters. The van der Waals surface area contributed by atoms with E-state index in [9.17, 15) is 0 Å². The molecule has 0 aliphatic heterocycles. The Balaban J connectivity index is 1.35. The maximum atomic E-state index is 3.70. The van der Waals surface area contributed by atoms with Gasteiger partial charge in [-0.15, -0.1) is 0 Å². The number of benzene rings is 2. The summed E-state index contributed by atoms with van der Waals surface area (Å²) in [5, 5.41) is 7.41. The molecule has 2 heteroatoms. The van der Waals surface area contributed by atoms with Crippen molar-refractivity contribution in [1.82, 2.24) is 0 Å². The summed E-state index contributed by atoms with van der Waals surface area (Å²) in [6.07, 6.45) is 13.6. The van der Waals surface area contributed by atoms with E-state index in [-0.39, 0.29) is 0 Å². The van der Waals surface area contributed by atoms with Gasteiger partial charge in [0.25, 0.3) is 0 Å². The summed E-state index contributed by atoms with van der Waals surface area (Å²) >= 11 is 0. The van der Waals surface area contributed by atoms with Gasteiger partial charge in [0.2, 0.25) is 0 Å². The average molecular weight is 349 g/mol. The highest BCUT2D eigenvalue weighted by Gasteiger charge is 2.14. The van der Waals surface area contributed by atoms with Crippen molar-refractivity contribution < 1.29 is 0 Å². The van der Waals surface area contributed by atoms with Crippen LogP contribution >= 0.6 is 0 Å². The largest absolute Gasteiger partial charge is 0.382 e. The van der Waals surface area contributed by atoms with Crippen LogP contribution in [0, 0.1) is 0 Å². The summed E-state index contributed by atoms with van der Waals surface area (Å²) < 4.78 is 0. The average Bonchev–Trinajstić information content (AvgIpc) is 2.71. The van der Waals surface area contributed by atoms with Crippen LogP contribution in [0.5, 0.6) is 0 Å². The molecule has 0 spiro atoms. The molecule has 2 aromatic rings. The third kappa shape index (κ3) is 4.60. The van der Waals surface area contributed by atoms with Crippen molar-refractivity contribution in [2.75, 3.05) is 10.6 Å². The molecule has 138 valence electrons. The highest BCUT2D eigenvalue weighted by molar-refractivity contribution is 5.68. The van der Waals surface area contributed by atoms with E-state index in [2.05, 4.69) is 59.2 Å². The molecular formula is C24H32N2. The van der Waals surface area contributed by atoms with E-state index in [1.54, 1.807) is 0 Å². The Labute approximate surface area is 158 Å². The summed E-state index contributed by atoms with van der Waals surface area (Å²) in [6, 6.07) is 19.2. The van der Waals surface area contributed by atoms with Gasteiger partial charge in [0.15, 0.2) is 0 Å². The fourth-order valence-electron chi connectivity index (χ4n) is 4.48. The van der Waals surface area contributed by atoms with E-state index in [0.717, 1.165) is 0 Å². The van der Waals surface area contributed by atoms with Crippen molar-refractivity contribution in [2.45, 2.75) is 76.3 Å². The van der Waals surface area contributed by atoms with Gasteiger partial charge in [-0.1, -0.05) is 62.8 Å². The zero-order chi connectivity index (χ0) is 17.6. The molecule has 0 saturated heterocycles. The van der Waals surface area contributed by atoms with E-state index < -0.39 is 0 Å². The molecule has 0 aromatic heterocycles. The predicted octanol–water partition coefficient (Wildman–Crippen LogP) is 6.84. The zero-order valence-electron chi connectivity index (χ0n) is 15.8. The van der Waals surface area contributed by atoms with E-state index in [1.807, 2.05) is 0 Å². The maximum Gasteiger partial charge on any atom is 0.0342 e. The lowest BCUT2D eigenvalue weighted by Gasteiger charge is -2.24. The quantitative estimate of drug-likeness (QED) is 0.618. The van der Waals surface area contributed by atoms with Crippen molar-refractivity contribution in [3.8, 4) is 11.1 Å². The normalized spacial score (nSPS) is 19.2. The molecule has 0 atom stereocenters. The van der Waals surface area contributed by atoms with E-state index in [4.69, 9.17) is 0 Å². The molecule has 0 radical (unpaired) electrons. The summed E-state index contributed by atoms with van der Waals surface area (Å²) in [5.41, 5.74) is 5.11. The second-order valence-electron chi connectivity index (χ2n) is 8.11. The van der Waals surface area contributed by atoms with E-state index in [0.29, 0.717) is 12.1 Å². The van der Waals surface area contributed by atoms with E-state index in [1.165, 1.54) is 86.7 Å². The fraction of sp³-hybridized carbons (Fsp3) is 0.500. The molecular weight excluding hydrogens is 316 g/mol. The monoisotopic (exact) mass is 348 g/mol. The summed E-state index contributed by atoms with van der Waals surface area (Å²) in [5.74, 6) is 0. The molecule has 0 amide bonds. The van der Waals surface area contributed by atoms with Gasteiger partial charge in [-0.25, -0.2) is 0 Å². The SMILES string of the molecule is c1cc(-c2ccc(NC3CCCCC3)cc2)ccc1NC1CCCCC1. The van der Waals surface area contributed by atoms with Gasteiger partial charge in [0, 0.05) is 23.5 Å². The third-order valence-electron chi connectivity index (χ3n) is 6.06. The van der Waals surface area contributed by atoms with Crippen LogP contribution in [0.25, 0.3) is 11.1 Å². The molecule has 2 fully saturated rings. The molecule has 2 aromatic carbocycles. The first-order valence-electron chi connectivity index (χ1n) is 10.6. The summed E-state index contributed by atoms with van der Waals surface area (Å²) in [4.78, 5) is 0. The molecule has 26 heavy (non-hydrogen) atoms.